The van der Waals surface area contributed by atoms with E-state index in [-0.39, 0.29) is 29.6 Å². The summed E-state index contributed by atoms with van der Waals surface area (Å²) in [6.45, 7) is 2.08. The van der Waals surface area contributed by atoms with E-state index in [0.717, 1.165) is 17.1 Å². The van der Waals surface area contributed by atoms with E-state index < -0.39 is 0 Å². The molecule has 0 aromatic carbocycles. The average molecular weight is 163 g/mol. The molecular weight excluding hydrogens is 153 g/mol. The summed E-state index contributed by atoms with van der Waals surface area (Å²) < 4.78 is 0. The predicted octanol–water partition coefficient (Wildman–Crippen LogP) is 1.28. The molecule has 0 aliphatic carbocycles. The van der Waals surface area contributed by atoms with Crippen molar-refractivity contribution in [2.45, 2.75) is 18.4 Å². The van der Waals surface area contributed by atoms with E-state index in [0.29, 0.717) is 0 Å². The Morgan fingerprint density at radius 1 is 1.50 bits per heavy atom. The van der Waals surface area contributed by atoms with Crippen molar-refractivity contribution in [1.29, 1.82) is 0 Å². The minimum atomic E-state index is 0. The summed E-state index contributed by atoms with van der Waals surface area (Å²) in [5, 5.41) is 0.800. The van der Waals surface area contributed by atoms with Crippen LogP contribution in [-0.2, 0) is 6.42 Å². The molecule has 0 N–H and O–H groups in total. The predicted molar refractivity (Wildman–Crippen MR) is 48.0 cm³/mol. The van der Waals surface area contributed by atoms with Crippen molar-refractivity contribution in [2.75, 3.05) is 0 Å². The van der Waals surface area contributed by atoms with Crippen molar-refractivity contribution in [1.82, 2.24) is 4.98 Å². The molecule has 0 radical (unpaired) electrons. The number of rotatable bonds is 1. The molecule has 0 amide bonds. The van der Waals surface area contributed by atoms with Gasteiger partial charge in [-0.1, -0.05) is 13.0 Å². The van der Waals surface area contributed by atoms with Gasteiger partial charge in [0, 0.05) is 5.69 Å². The van der Waals surface area contributed by atoms with Crippen LogP contribution in [0.1, 0.15) is 12.6 Å². The van der Waals surface area contributed by atoms with Gasteiger partial charge in [-0.2, -0.15) is 0 Å². The Morgan fingerprint density at radius 2 is 2.20 bits per heavy atom. The first kappa shape index (κ1) is 10.5. The van der Waals surface area contributed by atoms with Gasteiger partial charge in [0.25, 0.3) is 0 Å². The Bertz CT molecular complexity index is 203. The second-order valence-electron chi connectivity index (χ2n) is 1.84. The van der Waals surface area contributed by atoms with E-state index >= 15 is 0 Å². The van der Waals surface area contributed by atoms with Gasteiger partial charge in [-0.15, -0.1) is 12.6 Å². The summed E-state index contributed by atoms with van der Waals surface area (Å²) in [4.78, 5) is 4.16. The standard InChI is InChI=1S/C7H9NS.Na.H/c1-2-6-4-3-5-7(9)8-6;;/h3-5H,2H2,1H3,(H,8,9);;. The van der Waals surface area contributed by atoms with Gasteiger partial charge in [-0.25, -0.2) is 4.98 Å². The van der Waals surface area contributed by atoms with Crippen LogP contribution >= 0.6 is 12.6 Å². The molecule has 0 aliphatic rings. The Kier molecular flexibility index (Phi) is 5.45. The SMILES string of the molecule is CCc1cccc(S)n1.[NaH]. The van der Waals surface area contributed by atoms with Gasteiger partial charge < -0.3 is 0 Å². The van der Waals surface area contributed by atoms with Crippen molar-refractivity contribution in [3.05, 3.63) is 23.9 Å². The fourth-order valence-corrected chi connectivity index (χ4v) is 0.878. The quantitative estimate of drug-likeness (QED) is 0.486. The third-order valence-corrected chi connectivity index (χ3v) is 1.40. The first-order valence-corrected chi connectivity index (χ1v) is 3.42. The first-order chi connectivity index (χ1) is 4.33. The number of pyridine rings is 1. The van der Waals surface area contributed by atoms with Crippen LogP contribution in [0.2, 0.25) is 0 Å². The molecule has 0 unspecified atom stereocenters. The minimum absolute atomic E-state index is 0. The topological polar surface area (TPSA) is 12.9 Å². The van der Waals surface area contributed by atoms with Crippen molar-refractivity contribution in [2.24, 2.45) is 0 Å². The summed E-state index contributed by atoms with van der Waals surface area (Å²) in [6, 6.07) is 5.84. The molecule has 1 aromatic heterocycles. The molecule has 3 heteroatoms. The van der Waals surface area contributed by atoms with Crippen LogP contribution in [0.15, 0.2) is 23.2 Å². The summed E-state index contributed by atoms with van der Waals surface area (Å²) >= 11 is 4.10. The molecule has 0 spiro atoms. The number of aromatic nitrogens is 1. The second-order valence-corrected chi connectivity index (χ2v) is 2.30. The zero-order valence-electron chi connectivity index (χ0n) is 5.33. The molecule has 1 nitrogen and oxygen atoms in total. The summed E-state index contributed by atoms with van der Waals surface area (Å²) in [6.07, 6.45) is 0.981. The van der Waals surface area contributed by atoms with Crippen LogP contribution in [0.25, 0.3) is 0 Å². The maximum atomic E-state index is 4.16. The van der Waals surface area contributed by atoms with E-state index in [1.807, 2.05) is 18.2 Å². The molecule has 1 rings (SSSR count). The number of aryl methyl sites for hydroxylation is 1. The monoisotopic (exact) mass is 163 g/mol. The van der Waals surface area contributed by atoms with E-state index in [9.17, 15) is 0 Å². The van der Waals surface area contributed by atoms with Crippen molar-refractivity contribution in [3.8, 4) is 0 Å². The van der Waals surface area contributed by atoms with Gasteiger partial charge in [0.2, 0.25) is 0 Å². The van der Waals surface area contributed by atoms with E-state index in [4.69, 9.17) is 0 Å². The summed E-state index contributed by atoms with van der Waals surface area (Å²) in [7, 11) is 0. The van der Waals surface area contributed by atoms with Crippen LogP contribution in [0.4, 0.5) is 0 Å². The van der Waals surface area contributed by atoms with Crippen LogP contribution in [-0.4, -0.2) is 34.5 Å². The fourth-order valence-electron chi connectivity index (χ4n) is 0.664. The van der Waals surface area contributed by atoms with Gasteiger partial charge in [0.15, 0.2) is 0 Å². The van der Waals surface area contributed by atoms with Crippen LogP contribution in [0, 0.1) is 0 Å². The molecule has 0 aliphatic heterocycles. The fraction of sp³-hybridized carbons (Fsp3) is 0.286. The molecule has 1 heterocycles. The number of hydrogen-bond donors (Lipinski definition) is 1. The molecule has 1 aromatic rings. The van der Waals surface area contributed by atoms with E-state index in [1.165, 1.54) is 0 Å². The molecule has 0 atom stereocenters. The Morgan fingerprint density at radius 3 is 2.60 bits per heavy atom. The van der Waals surface area contributed by atoms with Gasteiger partial charge in [-0.05, 0) is 18.6 Å². The summed E-state index contributed by atoms with van der Waals surface area (Å²) in [5.74, 6) is 0. The van der Waals surface area contributed by atoms with Gasteiger partial charge in [0.05, 0.1) is 5.03 Å². The molecule has 10 heavy (non-hydrogen) atoms. The Balaban J connectivity index is 0.000000810. The third-order valence-electron chi connectivity index (χ3n) is 1.15. The summed E-state index contributed by atoms with van der Waals surface area (Å²) in [5.41, 5.74) is 1.10. The molecule has 0 fully saturated rings. The molecular formula is C7H10NNaS. The molecule has 0 bridgehead atoms. The third kappa shape index (κ3) is 3.06. The maximum absolute atomic E-state index is 4.16. The van der Waals surface area contributed by atoms with Crippen molar-refractivity contribution < 1.29 is 0 Å². The molecule has 50 valence electrons. The normalized spacial score (nSPS) is 8.60. The molecule has 0 saturated heterocycles. The average Bonchev–Trinajstić information content (AvgIpc) is 1.88. The van der Waals surface area contributed by atoms with E-state index in [1.54, 1.807) is 0 Å². The Hall–Kier alpha value is 0.500. The van der Waals surface area contributed by atoms with Gasteiger partial charge >= 0.3 is 29.6 Å². The first-order valence-electron chi connectivity index (χ1n) is 2.98. The molecule has 0 saturated carbocycles. The van der Waals surface area contributed by atoms with Gasteiger partial charge in [0.1, 0.15) is 0 Å². The zero-order valence-corrected chi connectivity index (χ0v) is 6.23. The number of nitrogens with zero attached hydrogens (tertiary/aromatic N) is 1. The zero-order chi connectivity index (χ0) is 6.69. The van der Waals surface area contributed by atoms with Crippen molar-refractivity contribution in [3.63, 3.8) is 0 Å². The van der Waals surface area contributed by atoms with Gasteiger partial charge in [-0.3, -0.25) is 0 Å². The van der Waals surface area contributed by atoms with Crippen molar-refractivity contribution >= 4 is 42.2 Å². The van der Waals surface area contributed by atoms with Crippen LogP contribution in [0.5, 0.6) is 0 Å². The Labute approximate surface area is 88.9 Å². The van der Waals surface area contributed by atoms with Crippen LogP contribution < -0.4 is 0 Å². The second kappa shape index (κ2) is 5.19. The number of thiol groups is 1. The van der Waals surface area contributed by atoms with E-state index in [2.05, 4.69) is 24.5 Å². The number of hydrogen-bond acceptors (Lipinski definition) is 2. The van der Waals surface area contributed by atoms with Crippen LogP contribution in [0.3, 0.4) is 0 Å².